The van der Waals surface area contributed by atoms with Gasteiger partial charge in [0.25, 0.3) is 0 Å². The van der Waals surface area contributed by atoms with Crippen LogP contribution in [0.15, 0.2) is 12.7 Å². The third-order valence-electron chi connectivity index (χ3n) is 4.49. The van der Waals surface area contributed by atoms with Crippen molar-refractivity contribution in [3.05, 3.63) is 12.7 Å². The predicted octanol–water partition coefficient (Wildman–Crippen LogP) is 0.969. The Labute approximate surface area is 117 Å². The first kappa shape index (κ1) is 15.0. The number of rotatable bonds is 6. The first-order valence-corrected chi connectivity index (χ1v) is 7.52. The number of aliphatic hydroxyl groups excluding tert-OH is 1. The van der Waals surface area contributed by atoms with Crippen molar-refractivity contribution in [1.82, 2.24) is 9.80 Å². The molecule has 2 saturated heterocycles. The van der Waals surface area contributed by atoms with Gasteiger partial charge in [-0.25, -0.2) is 0 Å². The Kier molecular flexibility index (Phi) is 5.82. The second kappa shape index (κ2) is 7.39. The highest BCUT2D eigenvalue weighted by atomic mass is 16.5. The zero-order chi connectivity index (χ0) is 13.6. The second-order valence-electron chi connectivity index (χ2n) is 5.98. The maximum Gasteiger partial charge on any atom is 0.0594 e. The number of morpholine rings is 1. The molecule has 0 aromatic carbocycles. The van der Waals surface area contributed by atoms with Crippen molar-refractivity contribution in [1.29, 1.82) is 0 Å². The second-order valence-corrected chi connectivity index (χ2v) is 5.98. The van der Waals surface area contributed by atoms with E-state index in [1.165, 1.54) is 13.0 Å². The number of ether oxygens (including phenoxy) is 1. The zero-order valence-corrected chi connectivity index (χ0v) is 12.0. The zero-order valence-electron chi connectivity index (χ0n) is 12.0. The number of hydrogen-bond donors (Lipinski definition) is 1. The minimum Gasteiger partial charge on any atom is -0.396 e. The van der Waals surface area contributed by atoms with Crippen molar-refractivity contribution in [3.8, 4) is 0 Å². The molecule has 0 bridgehead atoms. The number of likely N-dealkylation sites (tertiary alicyclic amines) is 1. The Hall–Kier alpha value is -0.420. The molecule has 2 aliphatic rings. The highest BCUT2D eigenvalue weighted by molar-refractivity contribution is 4.92. The maximum atomic E-state index is 9.71. The summed E-state index contributed by atoms with van der Waals surface area (Å²) in [5, 5.41) is 9.71. The molecule has 19 heavy (non-hydrogen) atoms. The molecule has 0 amide bonds. The van der Waals surface area contributed by atoms with E-state index in [9.17, 15) is 5.11 Å². The topological polar surface area (TPSA) is 35.9 Å². The number of nitrogens with zero attached hydrogens (tertiary/aromatic N) is 2. The molecule has 2 heterocycles. The number of allylic oxidation sites excluding steroid dienone is 1. The van der Waals surface area contributed by atoms with Gasteiger partial charge in [-0.2, -0.15) is 0 Å². The first-order valence-electron chi connectivity index (χ1n) is 7.52. The summed E-state index contributed by atoms with van der Waals surface area (Å²) >= 11 is 0. The van der Waals surface area contributed by atoms with Crippen LogP contribution in [0.25, 0.3) is 0 Å². The third kappa shape index (κ3) is 4.28. The van der Waals surface area contributed by atoms with Gasteiger partial charge in [0.1, 0.15) is 0 Å². The quantitative estimate of drug-likeness (QED) is 0.728. The highest BCUT2D eigenvalue weighted by Crippen LogP contribution is 2.33. The summed E-state index contributed by atoms with van der Waals surface area (Å²) in [7, 11) is 0. The minimum absolute atomic E-state index is 0.0605. The van der Waals surface area contributed by atoms with Crippen LogP contribution in [0.4, 0.5) is 0 Å². The molecule has 1 N–H and O–H groups in total. The maximum absolute atomic E-state index is 9.71. The fourth-order valence-electron chi connectivity index (χ4n) is 3.27. The molecule has 2 aliphatic heterocycles. The molecule has 110 valence electrons. The Morgan fingerprint density at radius 1 is 1.16 bits per heavy atom. The normalized spacial score (nSPS) is 30.4. The average Bonchev–Trinajstić information content (AvgIpc) is 2.47. The lowest BCUT2D eigenvalue weighted by molar-refractivity contribution is 0.0123. The molecule has 0 radical (unpaired) electrons. The Balaban J connectivity index is 1.78. The Bertz CT molecular complexity index is 279. The molecule has 0 aliphatic carbocycles. The standard InChI is InChI=1S/C15H28N2O2/c1-2-4-15(14-18)5-3-6-17(13-15)8-7-16-9-11-19-12-10-16/h2,18H,1,3-14H2/t15-/m1/s1. The molecule has 0 aromatic heterocycles. The highest BCUT2D eigenvalue weighted by Gasteiger charge is 2.33. The van der Waals surface area contributed by atoms with Gasteiger partial charge in [-0.3, -0.25) is 4.90 Å². The van der Waals surface area contributed by atoms with E-state index in [2.05, 4.69) is 16.4 Å². The van der Waals surface area contributed by atoms with Gasteiger partial charge in [-0.05, 0) is 25.8 Å². The Morgan fingerprint density at radius 3 is 2.58 bits per heavy atom. The van der Waals surface area contributed by atoms with Crippen LogP contribution in [0.5, 0.6) is 0 Å². The van der Waals surface area contributed by atoms with Crippen molar-refractivity contribution >= 4 is 0 Å². The van der Waals surface area contributed by atoms with E-state index in [1.807, 2.05) is 6.08 Å². The van der Waals surface area contributed by atoms with Crippen LogP contribution in [0.2, 0.25) is 0 Å². The van der Waals surface area contributed by atoms with Crippen LogP contribution in [0.1, 0.15) is 19.3 Å². The van der Waals surface area contributed by atoms with Gasteiger partial charge >= 0.3 is 0 Å². The molecule has 4 nitrogen and oxygen atoms in total. The molecule has 4 heteroatoms. The lowest BCUT2D eigenvalue weighted by atomic mass is 9.78. The van der Waals surface area contributed by atoms with E-state index in [-0.39, 0.29) is 12.0 Å². The van der Waals surface area contributed by atoms with Crippen molar-refractivity contribution < 1.29 is 9.84 Å². The van der Waals surface area contributed by atoms with Crippen LogP contribution < -0.4 is 0 Å². The van der Waals surface area contributed by atoms with Crippen LogP contribution in [-0.2, 0) is 4.74 Å². The van der Waals surface area contributed by atoms with E-state index in [4.69, 9.17) is 4.74 Å². The van der Waals surface area contributed by atoms with Crippen molar-refractivity contribution in [2.24, 2.45) is 5.41 Å². The SMILES string of the molecule is C=CC[C@@]1(CO)CCCN(CCN2CCOCC2)C1. The monoisotopic (exact) mass is 268 g/mol. The number of hydrogen-bond acceptors (Lipinski definition) is 4. The van der Waals surface area contributed by atoms with Gasteiger partial charge in [-0.15, -0.1) is 6.58 Å². The summed E-state index contributed by atoms with van der Waals surface area (Å²) in [6.45, 7) is 12.4. The van der Waals surface area contributed by atoms with E-state index in [0.717, 1.165) is 58.8 Å². The molecule has 1 atom stereocenters. The van der Waals surface area contributed by atoms with Crippen LogP contribution in [-0.4, -0.2) is 74.0 Å². The molecule has 2 rings (SSSR count). The summed E-state index contributed by atoms with van der Waals surface area (Å²) in [5.41, 5.74) is 0.0605. The average molecular weight is 268 g/mol. The van der Waals surface area contributed by atoms with E-state index < -0.39 is 0 Å². The third-order valence-corrected chi connectivity index (χ3v) is 4.49. The van der Waals surface area contributed by atoms with Gasteiger partial charge in [0.15, 0.2) is 0 Å². The van der Waals surface area contributed by atoms with Gasteiger partial charge < -0.3 is 14.7 Å². The minimum atomic E-state index is 0.0605. The smallest absolute Gasteiger partial charge is 0.0594 e. The molecular formula is C15H28N2O2. The van der Waals surface area contributed by atoms with Gasteiger partial charge in [0.05, 0.1) is 19.8 Å². The lowest BCUT2D eigenvalue weighted by Gasteiger charge is -2.42. The molecule has 0 aromatic rings. The van der Waals surface area contributed by atoms with Crippen LogP contribution in [0, 0.1) is 5.41 Å². The summed E-state index contributed by atoms with van der Waals surface area (Å²) in [5.74, 6) is 0. The summed E-state index contributed by atoms with van der Waals surface area (Å²) < 4.78 is 5.37. The molecule has 0 spiro atoms. The predicted molar refractivity (Wildman–Crippen MR) is 77.3 cm³/mol. The van der Waals surface area contributed by atoms with Crippen molar-refractivity contribution in [2.75, 3.05) is 59.1 Å². The van der Waals surface area contributed by atoms with Gasteiger partial charge in [0, 0.05) is 38.1 Å². The molecule has 0 saturated carbocycles. The Morgan fingerprint density at radius 2 is 1.89 bits per heavy atom. The number of aliphatic hydroxyl groups is 1. The van der Waals surface area contributed by atoms with E-state index >= 15 is 0 Å². The van der Waals surface area contributed by atoms with Gasteiger partial charge in [-0.1, -0.05) is 6.08 Å². The van der Waals surface area contributed by atoms with Crippen molar-refractivity contribution in [3.63, 3.8) is 0 Å². The van der Waals surface area contributed by atoms with Crippen LogP contribution >= 0.6 is 0 Å². The largest absolute Gasteiger partial charge is 0.396 e. The van der Waals surface area contributed by atoms with Crippen molar-refractivity contribution in [2.45, 2.75) is 19.3 Å². The van der Waals surface area contributed by atoms with Crippen LogP contribution in [0.3, 0.4) is 0 Å². The number of piperidine rings is 1. The fourth-order valence-corrected chi connectivity index (χ4v) is 3.27. The van der Waals surface area contributed by atoms with Gasteiger partial charge in [0.2, 0.25) is 0 Å². The molecule has 2 fully saturated rings. The van der Waals surface area contributed by atoms with E-state index in [0.29, 0.717) is 0 Å². The van der Waals surface area contributed by atoms with E-state index in [1.54, 1.807) is 0 Å². The lowest BCUT2D eigenvalue weighted by Crippen LogP contribution is -2.48. The summed E-state index contributed by atoms with van der Waals surface area (Å²) in [6, 6.07) is 0. The summed E-state index contributed by atoms with van der Waals surface area (Å²) in [4.78, 5) is 4.99. The fraction of sp³-hybridized carbons (Fsp3) is 0.867. The first-order chi connectivity index (χ1) is 9.28. The molecular weight excluding hydrogens is 240 g/mol. The molecule has 0 unspecified atom stereocenters. The summed E-state index contributed by atoms with van der Waals surface area (Å²) in [6.07, 6.45) is 5.21.